The van der Waals surface area contributed by atoms with Crippen molar-refractivity contribution in [3.8, 4) is 0 Å². The van der Waals surface area contributed by atoms with Gasteiger partial charge in [-0.25, -0.2) is 0 Å². The fourth-order valence-electron chi connectivity index (χ4n) is 5.93. The molecule has 0 unspecified atom stereocenters. The van der Waals surface area contributed by atoms with Gasteiger partial charge in [0.15, 0.2) is 0 Å². The van der Waals surface area contributed by atoms with Crippen LogP contribution in [0.5, 0.6) is 0 Å². The fraction of sp³-hybridized carbons (Fsp3) is 0.444. The van der Waals surface area contributed by atoms with Gasteiger partial charge in [0.05, 0.1) is 11.7 Å². The van der Waals surface area contributed by atoms with Crippen molar-refractivity contribution in [2.75, 3.05) is 0 Å². The fourth-order valence-corrected chi connectivity index (χ4v) is 5.93. The zero-order valence-electron chi connectivity index (χ0n) is 21.2. The van der Waals surface area contributed by atoms with E-state index >= 15 is 0 Å². The minimum absolute atomic E-state index is 0. The largest absolute Gasteiger partial charge is 2.00 e. The minimum Gasteiger partial charge on any atom is -0.858 e. The summed E-state index contributed by atoms with van der Waals surface area (Å²) in [6.45, 7) is 4.45. The van der Waals surface area contributed by atoms with Crippen LogP contribution in [0.25, 0.3) is 0 Å². The van der Waals surface area contributed by atoms with Gasteiger partial charge in [-0.3, -0.25) is 19.6 Å². The molecule has 190 valence electrons. The first-order valence-corrected chi connectivity index (χ1v) is 11.9. The number of carbonyl (C=O) groups is 3. The van der Waals surface area contributed by atoms with Crippen LogP contribution in [0, 0.1) is 11.3 Å². The smallest absolute Gasteiger partial charge is 0.858 e. The molecule has 2 bridgehead atoms. The predicted octanol–water partition coefficient (Wildman–Crippen LogP) is 1.47. The Hall–Kier alpha value is -2.49. The standard InChI is InChI=1S/C27H30N2O7.Ca/c1-17(23(32)33)5-4-11-25(3)21-8-13-26(24(34)36-25)12-6-19(7-14-27(21,26)35-18(2)30)22(31)29-20-9-15-28-16-10-20;/h4-6,9-11,15-16,21H,7-8,12-14H2,1-3H3,(H,32,33)(H,28,29,31);/q;+2/p-2/b11-4+,17-5+;/t21-,25+,26+,27-;/m0./s1. The van der Waals surface area contributed by atoms with Crippen LogP contribution < -0.4 is 10.2 Å². The van der Waals surface area contributed by atoms with Gasteiger partial charge in [-0.05, 0) is 81.2 Å². The molecule has 4 atom stereocenters. The van der Waals surface area contributed by atoms with Crippen molar-refractivity contribution in [2.24, 2.45) is 16.3 Å². The zero-order valence-corrected chi connectivity index (χ0v) is 23.4. The average molecular weight is 533 g/mol. The van der Waals surface area contributed by atoms with Crippen molar-refractivity contribution >= 4 is 67.2 Å². The Morgan fingerprint density at radius 3 is 2.57 bits per heavy atom. The molecule has 0 spiro atoms. The minimum atomic E-state index is -1.30. The molecule has 0 aromatic carbocycles. The molecule has 1 aromatic heterocycles. The van der Waals surface area contributed by atoms with Gasteiger partial charge in [0.1, 0.15) is 16.6 Å². The van der Waals surface area contributed by atoms with Gasteiger partial charge in [0.2, 0.25) is 0 Å². The third-order valence-corrected chi connectivity index (χ3v) is 7.68. The van der Waals surface area contributed by atoms with Crippen molar-refractivity contribution in [3.05, 3.63) is 60.0 Å². The maximum atomic E-state index is 13.6. The number of pyridine rings is 1. The van der Waals surface area contributed by atoms with E-state index in [0.29, 0.717) is 24.1 Å². The first-order chi connectivity index (χ1) is 17.0. The Labute approximate surface area is 245 Å². The Morgan fingerprint density at radius 2 is 1.92 bits per heavy atom. The van der Waals surface area contributed by atoms with Crippen LogP contribution in [-0.2, 0) is 23.9 Å². The van der Waals surface area contributed by atoms with Crippen LogP contribution >= 0.6 is 0 Å². The summed E-state index contributed by atoms with van der Waals surface area (Å²) < 4.78 is 12.0. The van der Waals surface area contributed by atoms with E-state index in [1.807, 2.05) is 0 Å². The zero-order chi connectivity index (χ0) is 26.1. The molecule has 1 saturated heterocycles. The number of aliphatic imine (C=N–C) groups is 1. The molecule has 0 radical (unpaired) electrons. The number of aromatic nitrogens is 1. The van der Waals surface area contributed by atoms with Crippen molar-refractivity contribution < 1.29 is 34.1 Å². The number of rotatable bonds is 6. The van der Waals surface area contributed by atoms with E-state index < -0.39 is 40.4 Å². The maximum absolute atomic E-state index is 13.6. The first-order valence-electron chi connectivity index (χ1n) is 11.9. The Balaban J connectivity index is 0.00000380. The number of hydrogen-bond donors (Lipinski definition) is 0. The average Bonchev–Trinajstić information content (AvgIpc) is 2.96. The van der Waals surface area contributed by atoms with Gasteiger partial charge in [0.25, 0.3) is 0 Å². The molecule has 2 aliphatic carbocycles. The monoisotopic (exact) mass is 532 g/mol. The number of nitrogens with zero attached hydrogens (tertiary/aromatic N) is 2. The Kier molecular flexibility index (Phi) is 8.71. The van der Waals surface area contributed by atoms with Gasteiger partial charge in [0, 0.05) is 25.2 Å². The molecule has 0 N–H and O–H groups in total. The molecule has 10 heteroatoms. The van der Waals surface area contributed by atoms with Gasteiger partial charge < -0.3 is 24.5 Å². The number of ether oxygens (including phenoxy) is 2. The van der Waals surface area contributed by atoms with Gasteiger partial charge in [-0.15, -0.1) is 0 Å². The van der Waals surface area contributed by atoms with E-state index in [1.165, 1.54) is 26.0 Å². The van der Waals surface area contributed by atoms with Crippen molar-refractivity contribution in [3.63, 3.8) is 0 Å². The number of carboxylic acid groups (broad SMARTS) is 1. The second-order valence-corrected chi connectivity index (χ2v) is 9.78. The molecule has 37 heavy (non-hydrogen) atoms. The first kappa shape index (κ1) is 29.1. The van der Waals surface area contributed by atoms with Crippen molar-refractivity contribution in [1.29, 1.82) is 0 Å². The molecular weight excluding hydrogens is 504 g/mol. The summed E-state index contributed by atoms with van der Waals surface area (Å²) in [5, 5.41) is 24.0. The van der Waals surface area contributed by atoms with Gasteiger partial charge >= 0.3 is 49.7 Å². The van der Waals surface area contributed by atoms with Crippen molar-refractivity contribution in [2.45, 2.75) is 64.1 Å². The second kappa shape index (κ2) is 11.1. The van der Waals surface area contributed by atoms with Crippen LogP contribution in [0.2, 0.25) is 0 Å². The summed E-state index contributed by atoms with van der Waals surface area (Å²) in [4.78, 5) is 45.1. The van der Waals surface area contributed by atoms with Crippen molar-refractivity contribution in [1.82, 2.24) is 4.98 Å². The van der Waals surface area contributed by atoms with E-state index in [1.54, 1.807) is 43.6 Å². The summed E-state index contributed by atoms with van der Waals surface area (Å²) in [5.41, 5.74) is -2.51. The summed E-state index contributed by atoms with van der Waals surface area (Å²) in [6.07, 6.45) is 11.0. The summed E-state index contributed by atoms with van der Waals surface area (Å²) >= 11 is 0. The summed E-state index contributed by atoms with van der Waals surface area (Å²) in [7, 11) is 0. The summed E-state index contributed by atoms with van der Waals surface area (Å²) in [5.74, 6) is -3.12. The molecule has 0 amide bonds. The molecule has 4 rings (SSSR count). The van der Waals surface area contributed by atoms with E-state index in [-0.39, 0.29) is 68.5 Å². The molecule has 1 saturated carbocycles. The molecule has 3 aliphatic rings. The number of allylic oxidation sites excluding steroid dienone is 3. The molecule has 2 fully saturated rings. The SMILES string of the molecule is CC(=O)O[C@]12CCC(C([O-])=Nc3ccncc3)=CC[C@]13CC[C@H]2[C@@](C)(/C=C/C=C(\C)C(=O)[O-])OC3=O.[Ca+2]. The molecule has 9 nitrogen and oxygen atoms in total. The molecule has 2 heterocycles. The number of aliphatic carboxylic acids is 1. The van der Waals surface area contributed by atoms with E-state index in [9.17, 15) is 24.6 Å². The van der Waals surface area contributed by atoms with Gasteiger partial charge in [-0.2, -0.15) is 0 Å². The number of hydrogen-bond acceptors (Lipinski definition) is 9. The number of cyclic esters (lactones) is 1. The maximum Gasteiger partial charge on any atom is 2.00 e. The van der Waals surface area contributed by atoms with E-state index in [2.05, 4.69) is 9.98 Å². The van der Waals surface area contributed by atoms with Gasteiger partial charge in [-0.1, -0.05) is 18.2 Å². The third-order valence-electron chi connectivity index (χ3n) is 7.68. The Bertz CT molecular complexity index is 1210. The van der Waals surface area contributed by atoms with Crippen LogP contribution in [0.3, 0.4) is 0 Å². The summed E-state index contributed by atoms with van der Waals surface area (Å²) in [6, 6.07) is 3.25. The molecule has 1 aromatic rings. The second-order valence-electron chi connectivity index (χ2n) is 9.78. The quantitative estimate of drug-likeness (QED) is 0.134. The number of carbonyl (C=O) groups excluding carboxylic acids is 3. The van der Waals surface area contributed by atoms with Crippen LogP contribution in [0.4, 0.5) is 5.69 Å². The van der Waals surface area contributed by atoms with E-state index in [0.717, 1.165) is 0 Å². The number of carboxylic acids is 1. The van der Waals surface area contributed by atoms with Crippen LogP contribution in [0.15, 0.2) is 65.0 Å². The normalized spacial score (nSPS) is 31.5. The topological polar surface area (TPSA) is 141 Å². The predicted molar refractivity (Wildman–Crippen MR) is 131 cm³/mol. The van der Waals surface area contributed by atoms with Crippen LogP contribution in [-0.4, -0.2) is 77.7 Å². The van der Waals surface area contributed by atoms with E-state index in [4.69, 9.17) is 9.47 Å². The molecular formula is C27H28CaN2O7. The molecule has 1 aliphatic heterocycles. The number of esters is 2. The third kappa shape index (κ3) is 5.26. The van der Waals surface area contributed by atoms with Crippen LogP contribution in [0.1, 0.15) is 52.9 Å². The Morgan fingerprint density at radius 1 is 1.22 bits per heavy atom.